The van der Waals surface area contributed by atoms with E-state index in [2.05, 4.69) is 36.2 Å². The van der Waals surface area contributed by atoms with Crippen molar-refractivity contribution in [3.8, 4) is 11.3 Å². The SMILES string of the molecule is CCCCc1ccc(-c2coc(C)n2)cc1. The zero-order valence-electron chi connectivity index (χ0n) is 9.86. The summed E-state index contributed by atoms with van der Waals surface area (Å²) in [5.41, 5.74) is 3.43. The van der Waals surface area contributed by atoms with Gasteiger partial charge in [0, 0.05) is 12.5 Å². The molecule has 16 heavy (non-hydrogen) atoms. The lowest BCUT2D eigenvalue weighted by Crippen LogP contribution is -1.85. The van der Waals surface area contributed by atoms with Crippen LogP contribution in [0.3, 0.4) is 0 Å². The van der Waals surface area contributed by atoms with Gasteiger partial charge in [0.05, 0.1) is 0 Å². The number of aromatic nitrogens is 1. The van der Waals surface area contributed by atoms with Crippen LogP contribution in [-0.2, 0) is 6.42 Å². The van der Waals surface area contributed by atoms with E-state index in [-0.39, 0.29) is 0 Å². The third-order valence-corrected chi connectivity index (χ3v) is 2.69. The lowest BCUT2D eigenvalue weighted by Gasteiger charge is -2.01. The lowest BCUT2D eigenvalue weighted by molar-refractivity contribution is 0.521. The van der Waals surface area contributed by atoms with Crippen LogP contribution in [0.4, 0.5) is 0 Å². The Labute approximate surface area is 96.3 Å². The monoisotopic (exact) mass is 215 g/mol. The summed E-state index contributed by atoms with van der Waals surface area (Å²) >= 11 is 0. The van der Waals surface area contributed by atoms with Crippen molar-refractivity contribution in [1.29, 1.82) is 0 Å². The van der Waals surface area contributed by atoms with E-state index in [0.29, 0.717) is 5.89 Å². The van der Waals surface area contributed by atoms with Crippen LogP contribution in [0.25, 0.3) is 11.3 Å². The number of nitrogens with zero attached hydrogens (tertiary/aromatic N) is 1. The van der Waals surface area contributed by atoms with Crippen molar-refractivity contribution >= 4 is 0 Å². The molecule has 1 aromatic carbocycles. The summed E-state index contributed by atoms with van der Waals surface area (Å²) in [5.74, 6) is 0.713. The van der Waals surface area contributed by atoms with Crippen LogP contribution in [0.1, 0.15) is 31.2 Å². The molecular weight excluding hydrogens is 198 g/mol. The van der Waals surface area contributed by atoms with Gasteiger partial charge in [-0.05, 0) is 18.4 Å². The summed E-state index contributed by atoms with van der Waals surface area (Å²) in [4.78, 5) is 4.31. The fourth-order valence-corrected chi connectivity index (χ4v) is 1.72. The van der Waals surface area contributed by atoms with Crippen LogP contribution >= 0.6 is 0 Å². The van der Waals surface area contributed by atoms with Crippen LogP contribution < -0.4 is 0 Å². The van der Waals surface area contributed by atoms with Gasteiger partial charge in [0.25, 0.3) is 0 Å². The molecule has 0 fully saturated rings. The number of oxazole rings is 1. The minimum atomic E-state index is 0.713. The maximum absolute atomic E-state index is 5.20. The van der Waals surface area contributed by atoms with Gasteiger partial charge in [-0.15, -0.1) is 0 Å². The van der Waals surface area contributed by atoms with Crippen molar-refractivity contribution in [2.45, 2.75) is 33.1 Å². The lowest BCUT2D eigenvalue weighted by atomic mass is 10.1. The minimum absolute atomic E-state index is 0.713. The Bertz CT molecular complexity index is 442. The predicted octanol–water partition coefficient (Wildman–Crippen LogP) is 3.99. The molecule has 0 N–H and O–H groups in total. The summed E-state index contributed by atoms with van der Waals surface area (Å²) < 4.78 is 5.20. The molecule has 0 saturated heterocycles. The number of hydrogen-bond acceptors (Lipinski definition) is 2. The molecule has 0 bridgehead atoms. The third kappa shape index (κ3) is 2.51. The number of rotatable bonds is 4. The minimum Gasteiger partial charge on any atom is -0.449 e. The molecule has 1 aromatic heterocycles. The Kier molecular flexibility index (Phi) is 3.40. The molecule has 2 aromatic rings. The molecule has 2 nitrogen and oxygen atoms in total. The van der Waals surface area contributed by atoms with E-state index < -0.39 is 0 Å². The molecule has 0 unspecified atom stereocenters. The molecule has 0 aliphatic carbocycles. The number of aryl methyl sites for hydroxylation is 2. The van der Waals surface area contributed by atoms with Gasteiger partial charge in [-0.3, -0.25) is 0 Å². The summed E-state index contributed by atoms with van der Waals surface area (Å²) in [5, 5.41) is 0. The Hall–Kier alpha value is -1.57. The topological polar surface area (TPSA) is 26.0 Å². The molecule has 0 atom stereocenters. The van der Waals surface area contributed by atoms with Gasteiger partial charge in [-0.25, -0.2) is 4.98 Å². The van der Waals surface area contributed by atoms with Crippen molar-refractivity contribution in [2.75, 3.05) is 0 Å². The van der Waals surface area contributed by atoms with Crippen molar-refractivity contribution in [3.63, 3.8) is 0 Å². The van der Waals surface area contributed by atoms with E-state index in [9.17, 15) is 0 Å². The van der Waals surface area contributed by atoms with E-state index in [1.807, 2.05) is 6.92 Å². The Morgan fingerprint density at radius 3 is 2.50 bits per heavy atom. The first-order valence-electron chi connectivity index (χ1n) is 5.81. The molecule has 84 valence electrons. The normalized spacial score (nSPS) is 10.6. The van der Waals surface area contributed by atoms with E-state index in [0.717, 1.165) is 17.7 Å². The van der Waals surface area contributed by atoms with E-state index >= 15 is 0 Å². The highest BCUT2D eigenvalue weighted by Crippen LogP contribution is 2.19. The highest BCUT2D eigenvalue weighted by Gasteiger charge is 2.02. The van der Waals surface area contributed by atoms with Crippen LogP contribution in [0.2, 0.25) is 0 Å². The molecule has 1 heterocycles. The first-order chi connectivity index (χ1) is 7.79. The van der Waals surface area contributed by atoms with Gasteiger partial charge in [-0.1, -0.05) is 37.6 Å². The Morgan fingerprint density at radius 1 is 1.19 bits per heavy atom. The zero-order valence-corrected chi connectivity index (χ0v) is 9.86. The summed E-state index contributed by atoms with van der Waals surface area (Å²) in [7, 11) is 0. The summed E-state index contributed by atoms with van der Waals surface area (Å²) in [6.07, 6.45) is 5.36. The van der Waals surface area contributed by atoms with Crippen molar-refractivity contribution in [1.82, 2.24) is 4.98 Å². The summed E-state index contributed by atoms with van der Waals surface area (Å²) in [6.45, 7) is 4.08. The highest BCUT2D eigenvalue weighted by atomic mass is 16.3. The van der Waals surface area contributed by atoms with Crippen LogP contribution in [0, 0.1) is 6.92 Å². The molecule has 2 heteroatoms. The molecule has 0 aliphatic heterocycles. The Morgan fingerprint density at radius 2 is 1.94 bits per heavy atom. The van der Waals surface area contributed by atoms with Gasteiger partial charge in [-0.2, -0.15) is 0 Å². The van der Waals surface area contributed by atoms with Gasteiger partial charge in [0.15, 0.2) is 5.89 Å². The maximum atomic E-state index is 5.20. The molecule has 0 aliphatic rings. The molecule has 2 rings (SSSR count). The smallest absolute Gasteiger partial charge is 0.191 e. The molecular formula is C14H17NO. The van der Waals surface area contributed by atoms with Gasteiger partial charge >= 0.3 is 0 Å². The highest BCUT2D eigenvalue weighted by molar-refractivity contribution is 5.58. The average Bonchev–Trinajstić information content (AvgIpc) is 2.74. The molecule has 0 amide bonds. The zero-order chi connectivity index (χ0) is 11.4. The van der Waals surface area contributed by atoms with Crippen LogP contribution in [-0.4, -0.2) is 4.98 Å². The maximum Gasteiger partial charge on any atom is 0.191 e. The average molecular weight is 215 g/mol. The first kappa shape index (κ1) is 10.9. The largest absolute Gasteiger partial charge is 0.449 e. The Balaban J connectivity index is 2.13. The molecule has 0 radical (unpaired) electrons. The van der Waals surface area contributed by atoms with E-state index in [4.69, 9.17) is 4.42 Å². The fraction of sp³-hybridized carbons (Fsp3) is 0.357. The second-order valence-electron chi connectivity index (χ2n) is 4.05. The number of unbranched alkanes of at least 4 members (excludes halogenated alkanes) is 1. The van der Waals surface area contributed by atoms with Gasteiger partial charge < -0.3 is 4.42 Å². The second-order valence-corrected chi connectivity index (χ2v) is 4.05. The standard InChI is InChI=1S/C14H17NO/c1-3-4-5-12-6-8-13(9-7-12)14-10-16-11(2)15-14/h6-10H,3-5H2,1-2H3. The first-order valence-corrected chi connectivity index (χ1v) is 5.81. The van der Waals surface area contributed by atoms with E-state index in [1.54, 1.807) is 6.26 Å². The van der Waals surface area contributed by atoms with Crippen LogP contribution in [0.5, 0.6) is 0 Å². The van der Waals surface area contributed by atoms with E-state index in [1.165, 1.54) is 18.4 Å². The third-order valence-electron chi connectivity index (χ3n) is 2.69. The number of hydrogen-bond donors (Lipinski definition) is 0. The quantitative estimate of drug-likeness (QED) is 0.770. The summed E-state index contributed by atoms with van der Waals surface area (Å²) in [6, 6.07) is 8.58. The fourth-order valence-electron chi connectivity index (χ4n) is 1.72. The van der Waals surface area contributed by atoms with Gasteiger partial charge in [0.1, 0.15) is 12.0 Å². The number of benzene rings is 1. The van der Waals surface area contributed by atoms with Crippen molar-refractivity contribution in [2.24, 2.45) is 0 Å². The molecule has 0 saturated carbocycles. The van der Waals surface area contributed by atoms with Crippen LogP contribution in [0.15, 0.2) is 34.9 Å². The van der Waals surface area contributed by atoms with Crippen molar-refractivity contribution < 1.29 is 4.42 Å². The van der Waals surface area contributed by atoms with Crippen molar-refractivity contribution in [3.05, 3.63) is 42.0 Å². The predicted molar refractivity (Wildman–Crippen MR) is 65.3 cm³/mol. The molecule has 0 spiro atoms. The second kappa shape index (κ2) is 4.97. The van der Waals surface area contributed by atoms with Gasteiger partial charge in [0.2, 0.25) is 0 Å².